The quantitative estimate of drug-likeness (QED) is 0.798. The van der Waals surface area contributed by atoms with Gasteiger partial charge in [0.15, 0.2) is 0 Å². The summed E-state index contributed by atoms with van der Waals surface area (Å²) in [6, 6.07) is 2.02. The Hall–Kier alpha value is -1.65. The number of amides is 1. The highest BCUT2D eigenvalue weighted by Crippen LogP contribution is 2.30. The number of piperidine rings is 1. The number of hydrogen-bond donors (Lipinski definition) is 0. The van der Waals surface area contributed by atoms with E-state index in [1.807, 2.05) is 30.0 Å². The van der Waals surface area contributed by atoms with Gasteiger partial charge in [0, 0.05) is 33.8 Å². The van der Waals surface area contributed by atoms with Crippen molar-refractivity contribution < 1.29 is 4.79 Å². The zero-order valence-corrected chi connectivity index (χ0v) is 11.3. The summed E-state index contributed by atoms with van der Waals surface area (Å²) in [5.74, 6) is 0.825. The Morgan fingerprint density at radius 1 is 1.44 bits per heavy atom. The van der Waals surface area contributed by atoms with E-state index in [1.165, 1.54) is 0 Å². The highest BCUT2D eigenvalue weighted by molar-refractivity contribution is 5.73. The second-order valence-electron chi connectivity index (χ2n) is 4.90. The summed E-state index contributed by atoms with van der Waals surface area (Å²) in [6.45, 7) is 2.47. The van der Waals surface area contributed by atoms with Crippen molar-refractivity contribution in [2.75, 3.05) is 25.5 Å². The molecule has 1 amide bonds. The molecular formula is C13H20N4O. The average molecular weight is 248 g/mol. The van der Waals surface area contributed by atoms with E-state index in [0.29, 0.717) is 5.95 Å². The third-order valence-corrected chi connectivity index (χ3v) is 3.31. The maximum atomic E-state index is 11.7. The summed E-state index contributed by atoms with van der Waals surface area (Å²) in [5, 5.41) is 0. The standard InChI is InChI=1S/C13H20N4O/c1-10(18)17-9-5-4-6-12(17)11-7-8-14-13(15-11)16(2)3/h7-8,12H,4-6,9H2,1-3H3. The van der Waals surface area contributed by atoms with Gasteiger partial charge in [0.05, 0.1) is 11.7 Å². The summed E-state index contributed by atoms with van der Waals surface area (Å²) >= 11 is 0. The molecule has 18 heavy (non-hydrogen) atoms. The molecule has 2 rings (SSSR count). The van der Waals surface area contributed by atoms with Crippen molar-refractivity contribution >= 4 is 11.9 Å². The zero-order chi connectivity index (χ0) is 13.1. The minimum Gasteiger partial charge on any atom is -0.347 e. The number of rotatable bonds is 2. The number of nitrogens with zero attached hydrogens (tertiary/aromatic N) is 4. The molecule has 1 atom stereocenters. The topological polar surface area (TPSA) is 49.3 Å². The molecule has 1 saturated heterocycles. The number of likely N-dealkylation sites (tertiary alicyclic amines) is 1. The predicted molar refractivity (Wildman–Crippen MR) is 70.3 cm³/mol. The fourth-order valence-electron chi connectivity index (χ4n) is 2.38. The monoisotopic (exact) mass is 248 g/mol. The van der Waals surface area contributed by atoms with Gasteiger partial charge in [-0.3, -0.25) is 4.79 Å². The van der Waals surface area contributed by atoms with Crippen molar-refractivity contribution in [1.29, 1.82) is 0 Å². The lowest BCUT2D eigenvalue weighted by molar-refractivity contribution is -0.132. The van der Waals surface area contributed by atoms with Gasteiger partial charge in [-0.05, 0) is 25.3 Å². The van der Waals surface area contributed by atoms with Crippen molar-refractivity contribution in [2.24, 2.45) is 0 Å². The van der Waals surface area contributed by atoms with Gasteiger partial charge in [-0.2, -0.15) is 0 Å². The molecule has 1 fully saturated rings. The summed E-state index contributed by atoms with van der Waals surface area (Å²) in [7, 11) is 3.84. The first-order valence-corrected chi connectivity index (χ1v) is 6.37. The lowest BCUT2D eigenvalue weighted by Gasteiger charge is -2.34. The highest BCUT2D eigenvalue weighted by atomic mass is 16.2. The van der Waals surface area contributed by atoms with Gasteiger partial charge in [-0.25, -0.2) is 9.97 Å². The van der Waals surface area contributed by atoms with Gasteiger partial charge in [-0.1, -0.05) is 0 Å². The third-order valence-electron chi connectivity index (χ3n) is 3.31. The first kappa shape index (κ1) is 12.8. The van der Waals surface area contributed by atoms with Crippen LogP contribution in [-0.2, 0) is 4.79 Å². The number of carbonyl (C=O) groups excluding carboxylic acids is 1. The van der Waals surface area contributed by atoms with Crippen LogP contribution in [0.2, 0.25) is 0 Å². The smallest absolute Gasteiger partial charge is 0.225 e. The molecular weight excluding hydrogens is 228 g/mol. The molecule has 1 aliphatic heterocycles. The van der Waals surface area contributed by atoms with E-state index in [9.17, 15) is 4.79 Å². The molecule has 2 heterocycles. The molecule has 0 saturated carbocycles. The largest absolute Gasteiger partial charge is 0.347 e. The lowest BCUT2D eigenvalue weighted by Crippen LogP contribution is -2.37. The Bertz CT molecular complexity index is 433. The summed E-state index contributed by atoms with van der Waals surface area (Å²) in [6.07, 6.45) is 4.99. The highest BCUT2D eigenvalue weighted by Gasteiger charge is 2.27. The Labute approximate surface area is 108 Å². The molecule has 1 aromatic rings. The number of carbonyl (C=O) groups is 1. The van der Waals surface area contributed by atoms with Crippen LogP contribution < -0.4 is 4.90 Å². The van der Waals surface area contributed by atoms with Crippen LogP contribution in [0.5, 0.6) is 0 Å². The van der Waals surface area contributed by atoms with E-state index < -0.39 is 0 Å². The maximum absolute atomic E-state index is 11.7. The van der Waals surface area contributed by atoms with E-state index >= 15 is 0 Å². The first-order valence-electron chi connectivity index (χ1n) is 6.37. The van der Waals surface area contributed by atoms with Crippen LogP contribution in [0.4, 0.5) is 5.95 Å². The Morgan fingerprint density at radius 2 is 2.22 bits per heavy atom. The second kappa shape index (κ2) is 5.33. The minimum absolute atomic E-state index is 0.109. The van der Waals surface area contributed by atoms with E-state index in [4.69, 9.17) is 0 Å². The van der Waals surface area contributed by atoms with Crippen LogP contribution in [0, 0.1) is 0 Å². The van der Waals surface area contributed by atoms with Crippen molar-refractivity contribution in [3.8, 4) is 0 Å². The van der Waals surface area contributed by atoms with Crippen LogP contribution in [0.3, 0.4) is 0 Å². The van der Waals surface area contributed by atoms with Crippen molar-refractivity contribution in [3.63, 3.8) is 0 Å². The summed E-state index contributed by atoms with van der Waals surface area (Å²) in [4.78, 5) is 24.2. The van der Waals surface area contributed by atoms with Crippen LogP contribution in [0.1, 0.15) is 37.9 Å². The minimum atomic E-state index is 0.109. The molecule has 5 nitrogen and oxygen atoms in total. The van der Waals surface area contributed by atoms with Gasteiger partial charge < -0.3 is 9.80 Å². The molecule has 0 bridgehead atoms. The molecule has 0 radical (unpaired) electrons. The van der Waals surface area contributed by atoms with Gasteiger partial charge in [0.2, 0.25) is 11.9 Å². The fourth-order valence-corrected chi connectivity index (χ4v) is 2.38. The number of aromatic nitrogens is 2. The predicted octanol–water partition coefficient (Wildman–Crippen LogP) is 1.62. The molecule has 0 spiro atoms. The Morgan fingerprint density at radius 3 is 2.89 bits per heavy atom. The fraction of sp³-hybridized carbons (Fsp3) is 0.615. The van der Waals surface area contributed by atoms with Gasteiger partial charge >= 0.3 is 0 Å². The molecule has 0 N–H and O–H groups in total. The second-order valence-corrected chi connectivity index (χ2v) is 4.90. The van der Waals surface area contributed by atoms with Crippen LogP contribution in [-0.4, -0.2) is 41.4 Å². The SMILES string of the molecule is CC(=O)N1CCCCC1c1ccnc(N(C)C)n1. The van der Waals surface area contributed by atoms with Gasteiger partial charge in [0.1, 0.15) is 0 Å². The lowest BCUT2D eigenvalue weighted by atomic mass is 9.99. The van der Waals surface area contributed by atoms with Crippen LogP contribution in [0.15, 0.2) is 12.3 Å². The van der Waals surface area contributed by atoms with Crippen LogP contribution in [0.25, 0.3) is 0 Å². The molecule has 0 aromatic carbocycles. The molecule has 1 aromatic heterocycles. The third kappa shape index (κ3) is 2.60. The van der Waals surface area contributed by atoms with E-state index in [2.05, 4.69) is 9.97 Å². The summed E-state index contributed by atoms with van der Waals surface area (Å²) in [5.41, 5.74) is 0.948. The number of hydrogen-bond acceptors (Lipinski definition) is 4. The average Bonchev–Trinajstić information content (AvgIpc) is 2.39. The zero-order valence-electron chi connectivity index (χ0n) is 11.3. The molecule has 5 heteroatoms. The molecule has 98 valence electrons. The Balaban J connectivity index is 2.28. The molecule has 1 unspecified atom stereocenters. The van der Waals surface area contributed by atoms with Crippen LogP contribution >= 0.6 is 0 Å². The van der Waals surface area contributed by atoms with Crippen molar-refractivity contribution in [3.05, 3.63) is 18.0 Å². The molecule has 1 aliphatic rings. The van der Waals surface area contributed by atoms with E-state index in [1.54, 1.807) is 13.1 Å². The van der Waals surface area contributed by atoms with E-state index in [-0.39, 0.29) is 11.9 Å². The number of anilines is 1. The van der Waals surface area contributed by atoms with Crippen molar-refractivity contribution in [2.45, 2.75) is 32.2 Å². The maximum Gasteiger partial charge on any atom is 0.225 e. The molecule has 0 aliphatic carbocycles. The normalized spacial score (nSPS) is 19.7. The van der Waals surface area contributed by atoms with Crippen molar-refractivity contribution in [1.82, 2.24) is 14.9 Å². The van der Waals surface area contributed by atoms with Gasteiger partial charge in [0.25, 0.3) is 0 Å². The van der Waals surface area contributed by atoms with Gasteiger partial charge in [-0.15, -0.1) is 0 Å². The first-order chi connectivity index (χ1) is 8.59. The van der Waals surface area contributed by atoms with E-state index in [0.717, 1.165) is 31.5 Å². The summed E-state index contributed by atoms with van der Waals surface area (Å²) < 4.78 is 0. The Kier molecular flexibility index (Phi) is 3.79.